The van der Waals surface area contributed by atoms with Crippen molar-refractivity contribution in [2.24, 2.45) is 0 Å². The predicted molar refractivity (Wildman–Crippen MR) is 154 cm³/mol. The van der Waals surface area contributed by atoms with Gasteiger partial charge in [-0.2, -0.15) is 0 Å². The van der Waals surface area contributed by atoms with Crippen LogP contribution in [0.2, 0.25) is 5.02 Å². The number of nitrogens with one attached hydrogen (secondary N) is 1. The fourth-order valence-electron chi connectivity index (χ4n) is 4.76. The number of aliphatic hydroxyl groups excluding tert-OH is 1. The number of aryl methyl sites for hydroxylation is 2. The molecule has 4 heterocycles. The molecule has 1 aliphatic rings. The Morgan fingerprint density at radius 3 is 2.67 bits per heavy atom. The molecule has 4 aromatic rings. The fourth-order valence-corrected chi connectivity index (χ4v) is 4.96. The SMILES string of the molecule is CNC[C@@H](O)COc1ccc(Cl)c(-c2nc(-c3c(C)noc3C)c(C)c(N3Cc4cnc(N(C)C)nc4C3)n2)c1. The minimum Gasteiger partial charge on any atom is -0.491 e. The summed E-state index contributed by atoms with van der Waals surface area (Å²) in [6.45, 7) is 7.52. The molecule has 1 aromatic carbocycles. The van der Waals surface area contributed by atoms with E-state index in [1.807, 2.05) is 46.0 Å². The van der Waals surface area contributed by atoms with E-state index in [9.17, 15) is 5.11 Å². The Kier molecular flexibility index (Phi) is 7.88. The molecular formula is C28H33ClN8O3. The van der Waals surface area contributed by atoms with Gasteiger partial charge in [-0.1, -0.05) is 16.8 Å². The van der Waals surface area contributed by atoms with Crippen LogP contribution < -0.4 is 19.9 Å². The molecule has 0 unspecified atom stereocenters. The van der Waals surface area contributed by atoms with Crippen LogP contribution in [0, 0.1) is 20.8 Å². The van der Waals surface area contributed by atoms with E-state index in [1.165, 1.54) is 0 Å². The quantitative estimate of drug-likeness (QED) is 0.309. The zero-order valence-electron chi connectivity index (χ0n) is 23.5. The summed E-state index contributed by atoms with van der Waals surface area (Å²) in [6.07, 6.45) is 1.23. The maximum absolute atomic E-state index is 10.1. The summed E-state index contributed by atoms with van der Waals surface area (Å²) in [6, 6.07) is 5.31. The van der Waals surface area contributed by atoms with Crippen molar-refractivity contribution in [3.63, 3.8) is 0 Å². The number of halogens is 1. The van der Waals surface area contributed by atoms with Crippen molar-refractivity contribution >= 4 is 23.4 Å². The molecule has 1 atom stereocenters. The van der Waals surface area contributed by atoms with Gasteiger partial charge in [0.2, 0.25) is 5.95 Å². The molecule has 0 saturated carbocycles. The van der Waals surface area contributed by atoms with Crippen LogP contribution in [0.25, 0.3) is 22.6 Å². The third-order valence-electron chi connectivity index (χ3n) is 6.79. The van der Waals surface area contributed by atoms with Gasteiger partial charge < -0.3 is 29.5 Å². The number of nitrogens with zero attached hydrogens (tertiary/aromatic N) is 7. The first-order valence-corrected chi connectivity index (χ1v) is 13.4. The Morgan fingerprint density at radius 2 is 1.98 bits per heavy atom. The Balaban J connectivity index is 1.59. The summed E-state index contributed by atoms with van der Waals surface area (Å²) in [4.78, 5) is 23.3. The van der Waals surface area contributed by atoms with Crippen LogP contribution in [0.4, 0.5) is 11.8 Å². The highest BCUT2D eigenvalue weighted by atomic mass is 35.5. The van der Waals surface area contributed by atoms with Crippen LogP contribution in [0.3, 0.4) is 0 Å². The third-order valence-corrected chi connectivity index (χ3v) is 7.12. The Hall–Kier alpha value is -3.80. The molecule has 0 spiro atoms. The van der Waals surface area contributed by atoms with E-state index in [2.05, 4.69) is 20.4 Å². The lowest BCUT2D eigenvalue weighted by Gasteiger charge is -2.22. The van der Waals surface area contributed by atoms with E-state index in [0.29, 0.717) is 53.5 Å². The van der Waals surface area contributed by atoms with Gasteiger partial charge in [0, 0.05) is 50.1 Å². The molecule has 11 nitrogen and oxygen atoms in total. The summed E-state index contributed by atoms with van der Waals surface area (Å²) < 4.78 is 11.3. The van der Waals surface area contributed by atoms with Crippen molar-refractivity contribution in [2.75, 3.05) is 44.1 Å². The zero-order valence-corrected chi connectivity index (χ0v) is 24.2. The molecule has 210 valence electrons. The van der Waals surface area contributed by atoms with Crippen LogP contribution in [0.1, 0.15) is 28.3 Å². The minimum absolute atomic E-state index is 0.133. The molecule has 5 rings (SSSR count). The molecule has 0 bridgehead atoms. The standard InChI is InChI=1S/C28H33ClN8O3/c1-15-25(24-16(2)35-40-17(24)3)33-26(21-9-20(7-8-22(21)29)39-14-19(38)11-30-4)34-27(15)37-12-18-10-31-28(36(5)6)32-23(18)13-37/h7-10,19,30,38H,11-14H2,1-6H3/t19-/m1/s1. The number of fused-ring (bicyclic) bond motifs is 1. The highest BCUT2D eigenvalue weighted by Crippen LogP contribution is 2.39. The first-order valence-electron chi connectivity index (χ1n) is 13.0. The highest BCUT2D eigenvalue weighted by Gasteiger charge is 2.28. The van der Waals surface area contributed by atoms with Crippen molar-refractivity contribution in [3.05, 3.63) is 57.7 Å². The van der Waals surface area contributed by atoms with E-state index in [0.717, 1.165) is 39.6 Å². The summed E-state index contributed by atoms with van der Waals surface area (Å²) in [7, 11) is 5.63. The smallest absolute Gasteiger partial charge is 0.225 e. The molecule has 0 saturated heterocycles. The molecule has 0 aliphatic carbocycles. The van der Waals surface area contributed by atoms with Crippen LogP contribution in [-0.4, -0.2) is 70.6 Å². The average Bonchev–Trinajstić information content (AvgIpc) is 3.50. The molecule has 1 aliphatic heterocycles. The number of benzene rings is 1. The summed E-state index contributed by atoms with van der Waals surface area (Å²) in [5.41, 5.74) is 5.81. The summed E-state index contributed by atoms with van der Waals surface area (Å²) >= 11 is 6.69. The second-order valence-electron chi connectivity index (χ2n) is 10.1. The van der Waals surface area contributed by atoms with E-state index < -0.39 is 6.10 Å². The Labute approximate surface area is 238 Å². The van der Waals surface area contributed by atoms with Crippen molar-refractivity contribution < 1.29 is 14.4 Å². The lowest BCUT2D eigenvalue weighted by atomic mass is 10.0. The number of rotatable bonds is 9. The van der Waals surface area contributed by atoms with Crippen LogP contribution in [0.15, 0.2) is 28.9 Å². The van der Waals surface area contributed by atoms with Gasteiger partial charge in [0.05, 0.1) is 34.2 Å². The zero-order chi connectivity index (χ0) is 28.6. The van der Waals surface area contributed by atoms with Gasteiger partial charge in [-0.05, 0) is 46.0 Å². The van der Waals surface area contributed by atoms with E-state index >= 15 is 0 Å². The number of aromatic nitrogens is 5. The molecule has 0 fully saturated rings. The van der Waals surface area contributed by atoms with Crippen molar-refractivity contribution in [1.29, 1.82) is 0 Å². The second kappa shape index (κ2) is 11.4. The summed E-state index contributed by atoms with van der Waals surface area (Å²) in [5, 5.41) is 17.7. The number of hydrogen-bond donors (Lipinski definition) is 2. The molecule has 0 radical (unpaired) electrons. The van der Waals surface area contributed by atoms with Gasteiger partial charge in [0.1, 0.15) is 30.0 Å². The number of likely N-dealkylation sites (N-methyl/N-ethyl adjacent to an activating group) is 1. The normalized spacial score (nSPS) is 13.4. The first kappa shape index (κ1) is 27.8. The van der Waals surface area contributed by atoms with Gasteiger partial charge in [-0.3, -0.25) is 0 Å². The van der Waals surface area contributed by atoms with Crippen LogP contribution in [-0.2, 0) is 13.1 Å². The highest BCUT2D eigenvalue weighted by molar-refractivity contribution is 6.33. The van der Waals surface area contributed by atoms with Gasteiger partial charge in [-0.25, -0.2) is 19.9 Å². The van der Waals surface area contributed by atoms with Crippen LogP contribution >= 0.6 is 11.6 Å². The number of hydrogen-bond acceptors (Lipinski definition) is 11. The lowest BCUT2D eigenvalue weighted by Crippen LogP contribution is -2.29. The summed E-state index contributed by atoms with van der Waals surface area (Å²) in [5.74, 6) is 3.10. The molecule has 12 heteroatoms. The predicted octanol–water partition coefficient (Wildman–Crippen LogP) is 3.71. The Morgan fingerprint density at radius 1 is 1.18 bits per heavy atom. The first-order chi connectivity index (χ1) is 19.2. The number of ether oxygens (including phenoxy) is 1. The molecule has 2 N–H and O–H groups in total. The van der Waals surface area contributed by atoms with E-state index in [-0.39, 0.29) is 6.61 Å². The van der Waals surface area contributed by atoms with E-state index in [4.69, 9.17) is 35.8 Å². The van der Waals surface area contributed by atoms with Gasteiger partial charge in [0.25, 0.3) is 0 Å². The number of anilines is 2. The van der Waals surface area contributed by atoms with E-state index in [1.54, 1.807) is 25.2 Å². The molecule has 0 amide bonds. The molecule has 40 heavy (non-hydrogen) atoms. The largest absolute Gasteiger partial charge is 0.491 e. The fraction of sp³-hybridized carbons (Fsp3) is 0.393. The Bertz CT molecular complexity index is 1520. The maximum atomic E-state index is 10.1. The molecular weight excluding hydrogens is 532 g/mol. The monoisotopic (exact) mass is 564 g/mol. The van der Waals surface area contributed by atoms with Crippen molar-refractivity contribution in [3.8, 4) is 28.4 Å². The van der Waals surface area contributed by atoms with Gasteiger partial charge in [-0.15, -0.1) is 0 Å². The topological polar surface area (TPSA) is 126 Å². The molecule has 3 aromatic heterocycles. The average molecular weight is 565 g/mol. The lowest BCUT2D eigenvalue weighted by molar-refractivity contribution is 0.108. The third kappa shape index (κ3) is 5.45. The van der Waals surface area contributed by atoms with Gasteiger partial charge in [0.15, 0.2) is 5.82 Å². The van der Waals surface area contributed by atoms with Crippen molar-refractivity contribution in [1.82, 2.24) is 30.4 Å². The maximum Gasteiger partial charge on any atom is 0.225 e. The van der Waals surface area contributed by atoms with Crippen molar-refractivity contribution in [2.45, 2.75) is 40.0 Å². The van der Waals surface area contributed by atoms with Crippen LogP contribution in [0.5, 0.6) is 5.75 Å². The second-order valence-corrected chi connectivity index (χ2v) is 10.5. The minimum atomic E-state index is -0.648. The number of aliphatic hydroxyl groups is 1. The van der Waals surface area contributed by atoms with Gasteiger partial charge >= 0.3 is 0 Å².